The van der Waals surface area contributed by atoms with Gasteiger partial charge in [-0.1, -0.05) is 11.6 Å². The molecule has 2 aliphatic rings. The van der Waals surface area contributed by atoms with Crippen LogP contribution in [0.4, 0.5) is 10.5 Å². The Hall–Kier alpha value is -1.79. The maximum absolute atomic E-state index is 12.3. The molecule has 3 amide bonds. The molecule has 0 atom stereocenters. The summed E-state index contributed by atoms with van der Waals surface area (Å²) in [6.07, 6.45) is 1.75. The molecule has 3 rings (SSSR count). The van der Waals surface area contributed by atoms with Gasteiger partial charge in [-0.15, -0.1) is 0 Å². The first-order chi connectivity index (χ1) is 11.0. The van der Waals surface area contributed by atoms with E-state index in [1.807, 2.05) is 6.92 Å². The summed E-state index contributed by atoms with van der Waals surface area (Å²) < 4.78 is 0. The van der Waals surface area contributed by atoms with E-state index in [9.17, 15) is 9.59 Å². The van der Waals surface area contributed by atoms with Gasteiger partial charge >= 0.3 is 6.03 Å². The van der Waals surface area contributed by atoms with Gasteiger partial charge in [0.05, 0.1) is 6.42 Å². The lowest BCUT2D eigenvalue weighted by Gasteiger charge is -2.37. The van der Waals surface area contributed by atoms with E-state index in [1.54, 1.807) is 29.2 Å². The molecule has 2 saturated heterocycles. The molecule has 2 heterocycles. The van der Waals surface area contributed by atoms with Gasteiger partial charge in [0.25, 0.3) is 0 Å². The summed E-state index contributed by atoms with van der Waals surface area (Å²) in [5, 5.41) is 4.92. The van der Waals surface area contributed by atoms with Gasteiger partial charge in [-0.3, -0.25) is 9.63 Å². The first kappa shape index (κ1) is 16.1. The Kier molecular flexibility index (Phi) is 4.46. The zero-order valence-electron chi connectivity index (χ0n) is 13.0. The van der Waals surface area contributed by atoms with Crippen LogP contribution in [-0.4, -0.2) is 47.1 Å². The number of nitrogens with zero attached hydrogens (tertiary/aromatic N) is 2. The Morgan fingerprint density at radius 3 is 2.52 bits per heavy atom. The van der Waals surface area contributed by atoms with Crippen molar-refractivity contribution < 1.29 is 14.4 Å². The zero-order chi connectivity index (χ0) is 16.4. The summed E-state index contributed by atoms with van der Waals surface area (Å²) in [6, 6.07) is 6.87. The van der Waals surface area contributed by atoms with Gasteiger partial charge in [0, 0.05) is 30.3 Å². The quantitative estimate of drug-likeness (QED) is 0.902. The van der Waals surface area contributed by atoms with Crippen molar-refractivity contribution in [1.29, 1.82) is 0 Å². The van der Waals surface area contributed by atoms with Crippen LogP contribution in [0.3, 0.4) is 0 Å². The normalized spacial score (nSPS) is 20.2. The molecule has 6 nitrogen and oxygen atoms in total. The van der Waals surface area contributed by atoms with E-state index in [0.29, 0.717) is 49.6 Å². The Labute approximate surface area is 140 Å². The molecule has 2 fully saturated rings. The minimum atomic E-state index is -0.426. The van der Waals surface area contributed by atoms with Crippen LogP contribution in [0.25, 0.3) is 0 Å². The molecule has 0 saturated carbocycles. The maximum Gasteiger partial charge on any atom is 0.321 e. The highest BCUT2D eigenvalue weighted by Crippen LogP contribution is 2.36. The average Bonchev–Trinajstić information content (AvgIpc) is 2.85. The molecular weight excluding hydrogens is 318 g/mol. The fourth-order valence-corrected chi connectivity index (χ4v) is 3.17. The monoisotopic (exact) mass is 337 g/mol. The van der Waals surface area contributed by atoms with Crippen LogP contribution in [0.5, 0.6) is 0 Å². The molecule has 1 aromatic carbocycles. The number of rotatable bonds is 2. The number of amides is 3. The number of halogens is 1. The topological polar surface area (TPSA) is 61.9 Å². The number of piperidine rings is 1. The Morgan fingerprint density at radius 1 is 1.30 bits per heavy atom. The van der Waals surface area contributed by atoms with Crippen molar-refractivity contribution in [3.63, 3.8) is 0 Å². The Morgan fingerprint density at radius 2 is 1.96 bits per heavy atom. The van der Waals surface area contributed by atoms with E-state index in [1.165, 1.54) is 5.06 Å². The second kappa shape index (κ2) is 6.37. The van der Waals surface area contributed by atoms with Gasteiger partial charge in [-0.25, -0.2) is 9.86 Å². The van der Waals surface area contributed by atoms with Crippen molar-refractivity contribution in [3.05, 3.63) is 29.3 Å². The number of anilines is 1. The molecular formula is C16H20ClN3O3. The summed E-state index contributed by atoms with van der Waals surface area (Å²) in [5.74, 6) is 0.0339. The number of hydrogen-bond acceptors (Lipinski definition) is 3. The van der Waals surface area contributed by atoms with E-state index in [2.05, 4.69) is 5.32 Å². The van der Waals surface area contributed by atoms with Crippen LogP contribution in [0, 0.1) is 0 Å². The predicted octanol–water partition coefficient (Wildman–Crippen LogP) is 2.89. The third-order valence-corrected chi connectivity index (χ3v) is 4.65. The second-order valence-electron chi connectivity index (χ2n) is 5.96. The van der Waals surface area contributed by atoms with Gasteiger partial charge in [0.1, 0.15) is 5.60 Å². The van der Waals surface area contributed by atoms with Crippen LogP contribution < -0.4 is 5.32 Å². The smallest absolute Gasteiger partial charge is 0.321 e. The molecule has 0 bridgehead atoms. The SMILES string of the molecule is CCN1OC2(CCN(C(=O)Nc3ccc(Cl)cc3)CC2)CC1=O. The lowest BCUT2D eigenvalue weighted by molar-refractivity contribution is -0.206. The van der Waals surface area contributed by atoms with E-state index in [4.69, 9.17) is 16.4 Å². The lowest BCUT2D eigenvalue weighted by Crippen LogP contribution is -2.48. The molecule has 2 aliphatic heterocycles. The fourth-order valence-electron chi connectivity index (χ4n) is 3.04. The summed E-state index contributed by atoms with van der Waals surface area (Å²) in [5.41, 5.74) is 0.286. The number of hydroxylamine groups is 2. The number of likely N-dealkylation sites (tertiary alicyclic amines) is 1. The van der Waals surface area contributed by atoms with Crippen LogP contribution in [0.1, 0.15) is 26.2 Å². The Bertz CT molecular complexity index is 597. The summed E-state index contributed by atoms with van der Waals surface area (Å²) in [4.78, 5) is 31.7. The fraction of sp³-hybridized carbons (Fsp3) is 0.500. The summed E-state index contributed by atoms with van der Waals surface area (Å²) in [6.45, 7) is 3.60. The largest absolute Gasteiger partial charge is 0.324 e. The predicted molar refractivity (Wildman–Crippen MR) is 87.1 cm³/mol. The minimum Gasteiger partial charge on any atom is -0.324 e. The first-order valence-electron chi connectivity index (χ1n) is 7.82. The van der Waals surface area contributed by atoms with Crippen molar-refractivity contribution in [2.24, 2.45) is 0 Å². The summed E-state index contributed by atoms with van der Waals surface area (Å²) in [7, 11) is 0. The van der Waals surface area contributed by atoms with Crippen LogP contribution in [0.15, 0.2) is 24.3 Å². The van der Waals surface area contributed by atoms with Crippen molar-refractivity contribution >= 4 is 29.2 Å². The van der Waals surface area contributed by atoms with Crippen molar-refractivity contribution in [2.45, 2.75) is 31.8 Å². The molecule has 1 aromatic rings. The van der Waals surface area contributed by atoms with Crippen LogP contribution in [-0.2, 0) is 9.63 Å². The van der Waals surface area contributed by atoms with E-state index < -0.39 is 5.60 Å². The second-order valence-corrected chi connectivity index (χ2v) is 6.40. The molecule has 0 unspecified atom stereocenters. The van der Waals surface area contributed by atoms with Crippen molar-refractivity contribution in [2.75, 3.05) is 25.0 Å². The number of hydrogen-bond donors (Lipinski definition) is 1. The van der Waals surface area contributed by atoms with Crippen molar-refractivity contribution in [3.8, 4) is 0 Å². The highest BCUT2D eigenvalue weighted by molar-refractivity contribution is 6.30. The standard InChI is InChI=1S/C16H20ClN3O3/c1-2-20-14(21)11-16(23-20)7-9-19(10-8-16)15(22)18-13-5-3-12(17)4-6-13/h3-6H,2,7-11H2,1H3,(H,18,22). The molecule has 7 heteroatoms. The minimum absolute atomic E-state index is 0.0339. The van der Waals surface area contributed by atoms with E-state index in [0.717, 1.165) is 0 Å². The highest BCUT2D eigenvalue weighted by atomic mass is 35.5. The zero-order valence-corrected chi connectivity index (χ0v) is 13.8. The van der Waals surface area contributed by atoms with Crippen LogP contribution >= 0.6 is 11.6 Å². The van der Waals surface area contributed by atoms with E-state index >= 15 is 0 Å². The Balaban J connectivity index is 1.55. The van der Waals surface area contributed by atoms with Crippen molar-refractivity contribution in [1.82, 2.24) is 9.96 Å². The number of carbonyl (C=O) groups is 2. The first-order valence-corrected chi connectivity index (χ1v) is 8.20. The molecule has 0 aliphatic carbocycles. The molecule has 0 radical (unpaired) electrons. The van der Waals surface area contributed by atoms with Crippen LogP contribution in [0.2, 0.25) is 5.02 Å². The number of carbonyl (C=O) groups excluding carboxylic acids is 2. The lowest BCUT2D eigenvalue weighted by atomic mass is 9.89. The third kappa shape index (κ3) is 3.43. The molecule has 1 N–H and O–H groups in total. The van der Waals surface area contributed by atoms with Gasteiger partial charge in [-0.05, 0) is 44.0 Å². The summed E-state index contributed by atoms with van der Waals surface area (Å²) >= 11 is 5.83. The number of nitrogens with one attached hydrogen (secondary N) is 1. The highest BCUT2D eigenvalue weighted by Gasteiger charge is 2.46. The third-order valence-electron chi connectivity index (χ3n) is 4.40. The average molecular weight is 338 g/mol. The molecule has 0 aromatic heterocycles. The number of benzene rings is 1. The molecule has 1 spiro atoms. The van der Waals surface area contributed by atoms with Gasteiger partial charge in [0.2, 0.25) is 5.91 Å². The van der Waals surface area contributed by atoms with Gasteiger partial charge in [-0.2, -0.15) is 0 Å². The molecule has 124 valence electrons. The molecule has 23 heavy (non-hydrogen) atoms. The van der Waals surface area contributed by atoms with Gasteiger partial charge in [0.15, 0.2) is 0 Å². The number of urea groups is 1. The van der Waals surface area contributed by atoms with E-state index in [-0.39, 0.29) is 11.9 Å². The maximum atomic E-state index is 12.3. The van der Waals surface area contributed by atoms with Gasteiger partial charge < -0.3 is 10.2 Å².